The third-order valence-electron chi connectivity index (χ3n) is 2.71. The van der Waals surface area contributed by atoms with Gasteiger partial charge in [-0.3, -0.25) is 4.79 Å². The molecule has 122 valence electrons. The summed E-state index contributed by atoms with van der Waals surface area (Å²) in [5.41, 5.74) is 0.320. The van der Waals surface area contributed by atoms with Gasteiger partial charge in [-0.2, -0.15) is 0 Å². The van der Waals surface area contributed by atoms with Gasteiger partial charge in [0, 0.05) is 5.02 Å². The van der Waals surface area contributed by atoms with Crippen LogP contribution in [0.2, 0.25) is 15.1 Å². The number of thioether (sulfide) groups is 1. The van der Waals surface area contributed by atoms with Gasteiger partial charge in [-0.15, -0.1) is 11.7 Å². The molecule has 1 aromatic heterocycles. The molecule has 1 unspecified atom stereocenters. The van der Waals surface area contributed by atoms with Gasteiger partial charge in [-0.05, 0) is 29.5 Å². The van der Waals surface area contributed by atoms with Crippen molar-refractivity contribution in [3.63, 3.8) is 0 Å². The number of tetrazole rings is 1. The first-order valence-corrected chi connectivity index (χ1v) is 8.43. The zero-order chi connectivity index (χ0) is 17.0. The molecule has 1 aromatic carbocycles. The normalized spacial score (nSPS) is 12.0. The number of rotatable bonds is 6. The minimum Gasteiger partial charge on any atom is -0.323 e. The highest BCUT2D eigenvalue weighted by Gasteiger charge is 2.20. The summed E-state index contributed by atoms with van der Waals surface area (Å²) in [7, 11) is 0. The van der Waals surface area contributed by atoms with E-state index in [1.165, 1.54) is 23.9 Å². The Kier molecular flexibility index (Phi) is 6.29. The number of nitrogens with zero attached hydrogens (tertiary/aromatic N) is 4. The van der Waals surface area contributed by atoms with Crippen molar-refractivity contribution in [1.29, 1.82) is 0 Å². The molecule has 0 radical (unpaired) electrons. The van der Waals surface area contributed by atoms with Crippen LogP contribution in [0.1, 0.15) is 6.92 Å². The van der Waals surface area contributed by atoms with Crippen molar-refractivity contribution in [3.05, 3.63) is 39.9 Å². The molecule has 0 bridgehead atoms. The number of carbonyl (C=O) groups is 1. The van der Waals surface area contributed by atoms with E-state index in [9.17, 15) is 4.79 Å². The van der Waals surface area contributed by atoms with Crippen LogP contribution in [0.3, 0.4) is 0 Å². The second-order valence-corrected chi connectivity index (χ2v) is 6.98. The molecule has 0 saturated heterocycles. The van der Waals surface area contributed by atoms with E-state index in [1.807, 2.05) is 0 Å². The van der Waals surface area contributed by atoms with Gasteiger partial charge in [0.2, 0.25) is 11.1 Å². The van der Waals surface area contributed by atoms with E-state index in [4.69, 9.17) is 34.8 Å². The Bertz CT molecular complexity index is 713. The molecular weight excluding hydrogens is 381 g/mol. The second-order valence-electron chi connectivity index (χ2n) is 4.43. The number of anilines is 1. The Morgan fingerprint density at radius 2 is 2.09 bits per heavy atom. The first kappa shape index (κ1) is 18.1. The zero-order valence-corrected chi connectivity index (χ0v) is 15.0. The summed E-state index contributed by atoms with van der Waals surface area (Å²) >= 11 is 19.2. The molecule has 2 rings (SSSR count). The Morgan fingerprint density at radius 1 is 1.43 bits per heavy atom. The topological polar surface area (TPSA) is 72.7 Å². The average molecular weight is 393 g/mol. The molecule has 0 aliphatic rings. The van der Waals surface area contributed by atoms with Crippen molar-refractivity contribution in [2.75, 3.05) is 5.32 Å². The van der Waals surface area contributed by atoms with Gasteiger partial charge in [0.15, 0.2) is 0 Å². The lowest BCUT2D eigenvalue weighted by Crippen LogP contribution is -2.23. The molecule has 1 amide bonds. The Labute approximate surface area is 152 Å². The maximum Gasteiger partial charge on any atom is 0.237 e. The van der Waals surface area contributed by atoms with Crippen LogP contribution in [-0.2, 0) is 11.3 Å². The molecule has 1 atom stereocenters. The van der Waals surface area contributed by atoms with Crippen LogP contribution in [0, 0.1) is 0 Å². The van der Waals surface area contributed by atoms with E-state index in [1.54, 1.807) is 17.7 Å². The highest BCUT2D eigenvalue weighted by Crippen LogP contribution is 2.34. The molecular formula is C13H12Cl3N5OS. The van der Waals surface area contributed by atoms with E-state index in [0.717, 1.165) is 0 Å². The number of carbonyl (C=O) groups excluding carboxylic acids is 1. The Balaban J connectivity index is 2.09. The summed E-state index contributed by atoms with van der Waals surface area (Å²) in [6.45, 7) is 5.81. The molecule has 2 aromatic rings. The molecule has 0 fully saturated rings. The molecule has 0 aliphatic heterocycles. The lowest BCUT2D eigenvalue weighted by atomic mass is 10.3. The summed E-state index contributed by atoms with van der Waals surface area (Å²) in [6, 6.07) is 3.01. The lowest BCUT2D eigenvalue weighted by molar-refractivity contribution is -0.115. The summed E-state index contributed by atoms with van der Waals surface area (Å²) in [5, 5.41) is 14.9. The van der Waals surface area contributed by atoms with Gasteiger partial charge in [0.05, 0.1) is 27.5 Å². The molecule has 23 heavy (non-hydrogen) atoms. The van der Waals surface area contributed by atoms with Crippen LogP contribution >= 0.6 is 46.6 Å². The predicted octanol–water partition coefficient (Wildman–Crippen LogP) is 3.94. The van der Waals surface area contributed by atoms with Gasteiger partial charge in [-0.25, -0.2) is 4.68 Å². The summed E-state index contributed by atoms with van der Waals surface area (Å²) in [5.74, 6) is -0.283. The average Bonchev–Trinajstić information content (AvgIpc) is 2.90. The standard InChI is InChI=1S/C13H12Cl3N5OS/c1-3-4-21-13(18-19-20-21)23-7(2)12(22)17-11-9(15)5-8(14)6-10(11)16/h3,5-7H,1,4H2,2H3,(H,17,22). The van der Waals surface area contributed by atoms with E-state index in [0.29, 0.717) is 22.4 Å². The van der Waals surface area contributed by atoms with Gasteiger partial charge < -0.3 is 5.32 Å². The van der Waals surface area contributed by atoms with E-state index in [-0.39, 0.29) is 16.0 Å². The largest absolute Gasteiger partial charge is 0.323 e. The van der Waals surface area contributed by atoms with Crippen LogP contribution in [0.15, 0.2) is 29.9 Å². The quantitative estimate of drug-likeness (QED) is 0.595. The SMILES string of the molecule is C=CCn1nnnc1SC(C)C(=O)Nc1c(Cl)cc(Cl)cc1Cl. The van der Waals surface area contributed by atoms with Gasteiger partial charge >= 0.3 is 0 Å². The molecule has 6 nitrogen and oxygen atoms in total. The van der Waals surface area contributed by atoms with E-state index >= 15 is 0 Å². The Hall–Kier alpha value is -1.28. The van der Waals surface area contributed by atoms with Crippen LogP contribution in [0.25, 0.3) is 0 Å². The fourth-order valence-electron chi connectivity index (χ4n) is 1.62. The third kappa shape index (κ3) is 4.60. The highest BCUT2D eigenvalue weighted by molar-refractivity contribution is 8.00. The first-order chi connectivity index (χ1) is 10.9. The van der Waals surface area contributed by atoms with Crippen LogP contribution in [0.5, 0.6) is 0 Å². The zero-order valence-electron chi connectivity index (χ0n) is 12.0. The van der Waals surface area contributed by atoms with Crippen LogP contribution < -0.4 is 5.32 Å². The summed E-state index contributed by atoms with van der Waals surface area (Å²) in [4.78, 5) is 12.3. The number of amides is 1. The highest BCUT2D eigenvalue weighted by atomic mass is 35.5. The second kappa shape index (κ2) is 8.01. The monoisotopic (exact) mass is 391 g/mol. The molecule has 0 aliphatic carbocycles. The van der Waals surface area contributed by atoms with Crippen molar-refractivity contribution < 1.29 is 4.79 Å². The third-order valence-corrected chi connectivity index (χ3v) is 4.59. The maximum absolute atomic E-state index is 12.3. The minimum atomic E-state index is -0.465. The fourth-order valence-corrected chi connectivity index (χ4v) is 3.33. The minimum absolute atomic E-state index is 0.268. The van der Waals surface area contributed by atoms with Crippen molar-refractivity contribution in [2.45, 2.75) is 23.9 Å². The Morgan fingerprint density at radius 3 is 2.70 bits per heavy atom. The molecule has 1 heterocycles. The van der Waals surface area contributed by atoms with Gasteiger partial charge in [0.25, 0.3) is 0 Å². The number of hydrogen-bond acceptors (Lipinski definition) is 5. The van der Waals surface area contributed by atoms with Crippen LogP contribution in [0.4, 0.5) is 5.69 Å². The van der Waals surface area contributed by atoms with Crippen LogP contribution in [-0.4, -0.2) is 31.4 Å². The van der Waals surface area contributed by atoms with E-state index in [2.05, 4.69) is 27.4 Å². The van der Waals surface area contributed by atoms with Crippen molar-refractivity contribution in [1.82, 2.24) is 20.2 Å². The lowest BCUT2D eigenvalue weighted by Gasteiger charge is -2.13. The first-order valence-electron chi connectivity index (χ1n) is 6.41. The van der Waals surface area contributed by atoms with Crippen molar-refractivity contribution in [3.8, 4) is 0 Å². The number of aromatic nitrogens is 4. The fraction of sp³-hybridized carbons (Fsp3) is 0.231. The molecule has 1 N–H and O–H groups in total. The van der Waals surface area contributed by atoms with E-state index < -0.39 is 5.25 Å². The molecule has 0 spiro atoms. The number of benzene rings is 1. The smallest absolute Gasteiger partial charge is 0.237 e. The number of nitrogens with one attached hydrogen (secondary N) is 1. The summed E-state index contributed by atoms with van der Waals surface area (Å²) in [6.07, 6.45) is 1.67. The van der Waals surface area contributed by atoms with Gasteiger partial charge in [-0.1, -0.05) is 52.6 Å². The summed E-state index contributed by atoms with van der Waals surface area (Å²) < 4.78 is 1.55. The number of allylic oxidation sites excluding steroid dienone is 1. The van der Waals surface area contributed by atoms with Crippen molar-refractivity contribution in [2.24, 2.45) is 0 Å². The molecule has 0 saturated carbocycles. The molecule has 10 heteroatoms. The van der Waals surface area contributed by atoms with Crippen molar-refractivity contribution >= 4 is 58.2 Å². The van der Waals surface area contributed by atoms with Gasteiger partial charge in [0.1, 0.15) is 0 Å². The maximum atomic E-state index is 12.3. The predicted molar refractivity (Wildman–Crippen MR) is 93.4 cm³/mol. The number of hydrogen-bond donors (Lipinski definition) is 1. The number of halogens is 3.